The first kappa shape index (κ1) is 11.2. The number of nitrogens with two attached hydrogens (primary N) is 1. The van der Waals surface area contributed by atoms with E-state index in [-0.39, 0.29) is 6.04 Å². The lowest BCUT2D eigenvalue weighted by molar-refractivity contribution is 0.635. The van der Waals surface area contributed by atoms with Gasteiger partial charge in [-0.05, 0) is 18.6 Å². The summed E-state index contributed by atoms with van der Waals surface area (Å²) in [5.41, 5.74) is 8.05. The van der Waals surface area contributed by atoms with E-state index >= 15 is 0 Å². The standard InChI is InChI=1S/C12H15N3S/c1-2-4-10(13)12-15-11(8-16-12)9-5-3-6-14-7-9/h3,5-8,10H,2,4,13H2,1H3. The second-order valence-corrected chi connectivity index (χ2v) is 4.60. The molecular formula is C12H15N3S. The Balaban J connectivity index is 2.20. The van der Waals surface area contributed by atoms with E-state index in [0.29, 0.717) is 0 Å². The van der Waals surface area contributed by atoms with Gasteiger partial charge < -0.3 is 5.73 Å². The highest BCUT2D eigenvalue weighted by molar-refractivity contribution is 7.10. The molecule has 0 aliphatic carbocycles. The summed E-state index contributed by atoms with van der Waals surface area (Å²) >= 11 is 1.63. The van der Waals surface area contributed by atoms with Crippen molar-refractivity contribution in [1.82, 2.24) is 9.97 Å². The van der Waals surface area contributed by atoms with Crippen LogP contribution in [0.25, 0.3) is 11.3 Å². The second-order valence-electron chi connectivity index (χ2n) is 3.71. The van der Waals surface area contributed by atoms with Gasteiger partial charge in [-0.3, -0.25) is 4.98 Å². The summed E-state index contributed by atoms with van der Waals surface area (Å²) in [4.78, 5) is 8.64. The molecule has 2 rings (SSSR count). The van der Waals surface area contributed by atoms with E-state index in [0.717, 1.165) is 29.1 Å². The predicted molar refractivity (Wildman–Crippen MR) is 67.2 cm³/mol. The SMILES string of the molecule is CCCC(N)c1nc(-c2cccnc2)cs1. The Bertz CT molecular complexity index is 439. The topological polar surface area (TPSA) is 51.8 Å². The lowest BCUT2D eigenvalue weighted by Gasteiger charge is -2.04. The smallest absolute Gasteiger partial charge is 0.110 e. The molecule has 0 radical (unpaired) electrons. The summed E-state index contributed by atoms with van der Waals surface area (Å²) in [6.07, 6.45) is 5.66. The van der Waals surface area contributed by atoms with Crippen molar-refractivity contribution in [3.63, 3.8) is 0 Å². The summed E-state index contributed by atoms with van der Waals surface area (Å²) < 4.78 is 0. The molecule has 2 aromatic rings. The summed E-state index contributed by atoms with van der Waals surface area (Å²) in [6, 6.07) is 4.00. The number of aromatic nitrogens is 2. The minimum absolute atomic E-state index is 0.0698. The number of hydrogen-bond acceptors (Lipinski definition) is 4. The number of hydrogen-bond donors (Lipinski definition) is 1. The van der Waals surface area contributed by atoms with Gasteiger partial charge >= 0.3 is 0 Å². The first-order valence-corrected chi connectivity index (χ1v) is 6.30. The van der Waals surface area contributed by atoms with Gasteiger partial charge in [0.15, 0.2) is 0 Å². The van der Waals surface area contributed by atoms with Gasteiger partial charge in [0.05, 0.1) is 11.7 Å². The Morgan fingerprint density at radius 1 is 1.50 bits per heavy atom. The molecule has 0 saturated carbocycles. The average Bonchev–Trinajstić information content (AvgIpc) is 2.80. The fourth-order valence-electron chi connectivity index (χ4n) is 1.54. The van der Waals surface area contributed by atoms with Crippen LogP contribution in [0.2, 0.25) is 0 Å². The summed E-state index contributed by atoms with van der Waals surface area (Å²) in [6.45, 7) is 2.13. The van der Waals surface area contributed by atoms with Crippen molar-refractivity contribution in [2.24, 2.45) is 5.73 Å². The number of rotatable bonds is 4. The normalized spacial score (nSPS) is 12.6. The number of pyridine rings is 1. The maximum atomic E-state index is 6.03. The molecule has 1 unspecified atom stereocenters. The molecule has 0 fully saturated rings. The lowest BCUT2D eigenvalue weighted by Crippen LogP contribution is -2.09. The van der Waals surface area contributed by atoms with Crippen LogP contribution in [0.1, 0.15) is 30.8 Å². The predicted octanol–water partition coefficient (Wildman–Crippen LogP) is 3.01. The fraction of sp³-hybridized carbons (Fsp3) is 0.333. The maximum Gasteiger partial charge on any atom is 0.110 e. The largest absolute Gasteiger partial charge is 0.322 e. The Hall–Kier alpha value is -1.26. The summed E-state index contributed by atoms with van der Waals surface area (Å²) in [7, 11) is 0. The average molecular weight is 233 g/mol. The van der Waals surface area contributed by atoms with Gasteiger partial charge in [-0.15, -0.1) is 11.3 Å². The summed E-state index contributed by atoms with van der Waals surface area (Å²) in [5.74, 6) is 0. The monoisotopic (exact) mass is 233 g/mol. The minimum atomic E-state index is 0.0698. The Kier molecular flexibility index (Phi) is 3.64. The molecule has 0 spiro atoms. The highest BCUT2D eigenvalue weighted by Crippen LogP contribution is 2.25. The highest BCUT2D eigenvalue weighted by atomic mass is 32.1. The molecule has 0 aliphatic heterocycles. The number of nitrogens with zero attached hydrogens (tertiary/aromatic N) is 2. The molecule has 0 aromatic carbocycles. The van der Waals surface area contributed by atoms with Crippen LogP contribution in [0.3, 0.4) is 0 Å². The van der Waals surface area contributed by atoms with Gasteiger partial charge in [-0.2, -0.15) is 0 Å². The second kappa shape index (κ2) is 5.18. The molecule has 3 nitrogen and oxygen atoms in total. The molecule has 16 heavy (non-hydrogen) atoms. The molecule has 84 valence electrons. The van der Waals surface area contributed by atoms with Gasteiger partial charge in [0.2, 0.25) is 0 Å². The van der Waals surface area contributed by atoms with Crippen LogP contribution in [-0.4, -0.2) is 9.97 Å². The maximum absolute atomic E-state index is 6.03. The van der Waals surface area contributed by atoms with Crippen LogP contribution in [-0.2, 0) is 0 Å². The first-order chi connectivity index (χ1) is 7.81. The van der Waals surface area contributed by atoms with Crippen LogP contribution >= 0.6 is 11.3 Å². The van der Waals surface area contributed by atoms with E-state index in [1.54, 1.807) is 17.5 Å². The highest BCUT2D eigenvalue weighted by Gasteiger charge is 2.10. The Labute approximate surface area is 99.4 Å². The van der Waals surface area contributed by atoms with E-state index in [2.05, 4.69) is 16.9 Å². The molecule has 2 N–H and O–H groups in total. The van der Waals surface area contributed by atoms with E-state index in [4.69, 9.17) is 5.73 Å². The van der Waals surface area contributed by atoms with Gasteiger partial charge in [0.25, 0.3) is 0 Å². The molecule has 2 heterocycles. The first-order valence-electron chi connectivity index (χ1n) is 5.42. The van der Waals surface area contributed by atoms with E-state index < -0.39 is 0 Å². The Morgan fingerprint density at radius 3 is 3.06 bits per heavy atom. The third-order valence-corrected chi connectivity index (χ3v) is 3.37. The summed E-state index contributed by atoms with van der Waals surface area (Å²) in [5, 5.41) is 3.06. The molecule has 0 aliphatic rings. The minimum Gasteiger partial charge on any atom is -0.322 e. The van der Waals surface area contributed by atoms with Crippen LogP contribution in [0, 0.1) is 0 Å². The third kappa shape index (κ3) is 2.46. The molecule has 4 heteroatoms. The van der Waals surface area contributed by atoms with E-state index in [9.17, 15) is 0 Å². The molecular weight excluding hydrogens is 218 g/mol. The molecule has 0 saturated heterocycles. The van der Waals surface area contributed by atoms with Crippen molar-refractivity contribution in [3.8, 4) is 11.3 Å². The van der Waals surface area contributed by atoms with Crippen molar-refractivity contribution in [1.29, 1.82) is 0 Å². The van der Waals surface area contributed by atoms with Crippen molar-refractivity contribution < 1.29 is 0 Å². The van der Waals surface area contributed by atoms with Crippen LogP contribution in [0.15, 0.2) is 29.9 Å². The zero-order valence-electron chi connectivity index (χ0n) is 9.26. The van der Waals surface area contributed by atoms with Gasteiger partial charge in [0, 0.05) is 23.3 Å². The zero-order chi connectivity index (χ0) is 11.4. The van der Waals surface area contributed by atoms with Crippen molar-refractivity contribution in [2.75, 3.05) is 0 Å². The molecule has 1 atom stereocenters. The van der Waals surface area contributed by atoms with Crippen LogP contribution in [0.5, 0.6) is 0 Å². The van der Waals surface area contributed by atoms with Crippen molar-refractivity contribution >= 4 is 11.3 Å². The van der Waals surface area contributed by atoms with Crippen molar-refractivity contribution in [3.05, 3.63) is 34.9 Å². The van der Waals surface area contributed by atoms with Crippen LogP contribution < -0.4 is 5.73 Å². The van der Waals surface area contributed by atoms with Crippen LogP contribution in [0.4, 0.5) is 0 Å². The quantitative estimate of drug-likeness (QED) is 0.883. The van der Waals surface area contributed by atoms with Gasteiger partial charge in [0.1, 0.15) is 5.01 Å². The van der Waals surface area contributed by atoms with E-state index in [1.165, 1.54) is 0 Å². The zero-order valence-corrected chi connectivity index (χ0v) is 10.1. The fourth-order valence-corrected chi connectivity index (χ4v) is 2.40. The van der Waals surface area contributed by atoms with Crippen molar-refractivity contribution in [2.45, 2.75) is 25.8 Å². The molecule has 0 bridgehead atoms. The van der Waals surface area contributed by atoms with Gasteiger partial charge in [-0.1, -0.05) is 13.3 Å². The third-order valence-electron chi connectivity index (χ3n) is 2.40. The molecule has 0 amide bonds. The lowest BCUT2D eigenvalue weighted by atomic mass is 10.2. The number of thiazole rings is 1. The van der Waals surface area contributed by atoms with Gasteiger partial charge in [-0.25, -0.2) is 4.98 Å². The van der Waals surface area contributed by atoms with E-state index in [1.807, 2.05) is 23.7 Å². The Morgan fingerprint density at radius 2 is 2.38 bits per heavy atom. The molecule has 2 aromatic heterocycles.